The summed E-state index contributed by atoms with van der Waals surface area (Å²) in [6.07, 6.45) is 15.4. The molecule has 0 radical (unpaired) electrons. The van der Waals surface area contributed by atoms with Gasteiger partial charge in [-0.3, -0.25) is 4.68 Å². The molecule has 4 aromatic heterocycles. The number of piperazine rings is 1. The minimum Gasteiger partial charge on any atom is -0.385 e. The maximum absolute atomic E-state index is 13.4. The number of fused-ring (bicyclic) bond motifs is 1. The quantitative estimate of drug-likeness (QED) is 0.414. The summed E-state index contributed by atoms with van der Waals surface area (Å²) in [4.78, 5) is 17.9. The lowest BCUT2D eigenvalue weighted by Crippen LogP contribution is -2.47. The highest BCUT2D eigenvalue weighted by Gasteiger charge is 2.34. The van der Waals surface area contributed by atoms with Crippen LogP contribution in [0.15, 0.2) is 61.4 Å². The third-order valence-electron chi connectivity index (χ3n) is 7.37. The fraction of sp³-hybridized carbons (Fsp3) is 0.346. The zero-order valence-electron chi connectivity index (χ0n) is 21.0. The van der Waals surface area contributed by atoms with Gasteiger partial charge < -0.3 is 14.9 Å². The van der Waals surface area contributed by atoms with Crippen LogP contribution in [0.2, 0.25) is 5.02 Å². The molecule has 5 heterocycles. The molecule has 10 nitrogen and oxygen atoms in total. The predicted octanol–water partition coefficient (Wildman–Crippen LogP) is 3.54. The van der Waals surface area contributed by atoms with E-state index < -0.39 is 5.60 Å². The third-order valence-corrected chi connectivity index (χ3v) is 7.75. The Morgan fingerprint density at radius 2 is 1.76 bits per heavy atom. The Labute approximate surface area is 223 Å². The Balaban J connectivity index is 1.17. The van der Waals surface area contributed by atoms with Crippen molar-refractivity contribution in [3.8, 4) is 11.1 Å². The van der Waals surface area contributed by atoms with Gasteiger partial charge in [0.25, 0.3) is 0 Å². The van der Waals surface area contributed by atoms with E-state index in [-0.39, 0.29) is 11.7 Å². The molecule has 2 atom stereocenters. The van der Waals surface area contributed by atoms with Gasteiger partial charge in [0, 0.05) is 80.6 Å². The summed E-state index contributed by atoms with van der Waals surface area (Å²) in [5, 5.41) is 20.3. The Morgan fingerprint density at radius 3 is 2.42 bits per heavy atom. The Morgan fingerprint density at radius 1 is 1.03 bits per heavy atom. The first-order valence-corrected chi connectivity index (χ1v) is 12.8. The molecule has 0 amide bonds. The number of aromatic nitrogens is 7. The molecule has 12 heteroatoms. The van der Waals surface area contributed by atoms with Crippen LogP contribution >= 0.6 is 11.6 Å². The van der Waals surface area contributed by atoms with E-state index in [4.69, 9.17) is 11.6 Å². The molecule has 0 bridgehead atoms. The van der Waals surface area contributed by atoms with Crippen molar-refractivity contribution in [2.45, 2.75) is 18.9 Å². The fourth-order valence-corrected chi connectivity index (χ4v) is 5.37. The molecular formula is C26H27ClFN9O. The van der Waals surface area contributed by atoms with Crippen molar-refractivity contribution in [1.82, 2.24) is 34.3 Å². The van der Waals surface area contributed by atoms with E-state index in [9.17, 15) is 9.50 Å². The number of hydrogen-bond donors (Lipinski definition) is 1. The molecule has 1 aliphatic heterocycles. The second kappa shape index (κ2) is 9.48. The van der Waals surface area contributed by atoms with E-state index >= 15 is 0 Å². The largest absolute Gasteiger partial charge is 0.385 e. The number of aliphatic hydroxyl groups is 1. The zero-order chi connectivity index (χ0) is 26.4. The summed E-state index contributed by atoms with van der Waals surface area (Å²) in [5.74, 6) is 0.850. The molecule has 0 aromatic carbocycles. The number of halogens is 2. The molecule has 1 aliphatic carbocycles. The lowest BCUT2D eigenvalue weighted by molar-refractivity contribution is 0.0131. The van der Waals surface area contributed by atoms with Gasteiger partial charge >= 0.3 is 0 Å². The summed E-state index contributed by atoms with van der Waals surface area (Å²) in [6.45, 7) is 4.49. The van der Waals surface area contributed by atoms with Crippen LogP contribution in [0.5, 0.6) is 0 Å². The molecule has 1 unspecified atom stereocenters. The monoisotopic (exact) mass is 535 g/mol. The molecule has 1 N–H and O–H groups in total. The van der Waals surface area contributed by atoms with Gasteiger partial charge in [0.05, 0.1) is 16.8 Å². The van der Waals surface area contributed by atoms with Gasteiger partial charge in [-0.1, -0.05) is 17.7 Å². The van der Waals surface area contributed by atoms with Gasteiger partial charge in [-0.05, 0) is 25.5 Å². The average Bonchev–Trinajstić information content (AvgIpc) is 3.52. The minimum atomic E-state index is -1.20. The number of allylic oxidation sites excluding steroid dienone is 3. The van der Waals surface area contributed by atoms with Crippen molar-refractivity contribution in [2.24, 2.45) is 13.0 Å². The molecular weight excluding hydrogens is 509 g/mol. The van der Waals surface area contributed by atoms with Crippen molar-refractivity contribution in [1.29, 1.82) is 0 Å². The van der Waals surface area contributed by atoms with Gasteiger partial charge in [-0.25, -0.2) is 23.9 Å². The van der Waals surface area contributed by atoms with Gasteiger partial charge in [-0.15, -0.1) is 0 Å². The van der Waals surface area contributed by atoms with E-state index in [0.29, 0.717) is 49.1 Å². The highest BCUT2D eigenvalue weighted by atomic mass is 35.5. The minimum absolute atomic E-state index is 0.246. The SMILES string of the molecule is Cn1cc(-c2cn3ncnc(N4CCN(c5ncc([C@](C)(O)C6C=CC(F)=CC6)cn5)CC4)c3c2Cl)cn1. The molecule has 2 aliphatic rings. The van der Waals surface area contributed by atoms with Crippen LogP contribution in [0.1, 0.15) is 18.9 Å². The molecule has 1 saturated heterocycles. The summed E-state index contributed by atoms with van der Waals surface area (Å²) >= 11 is 6.82. The van der Waals surface area contributed by atoms with Crippen molar-refractivity contribution in [2.75, 3.05) is 36.0 Å². The van der Waals surface area contributed by atoms with Crippen molar-refractivity contribution in [3.05, 3.63) is 72.0 Å². The zero-order valence-corrected chi connectivity index (χ0v) is 21.8. The van der Waals surface area contributed by atoms with Crippen molar-refractivity contribution in [3.63, 3.8) is 0 Å². The van der Waals surface area contributed by atoms with Gasteiger partial charge in [0.15, 0.2) is 5.82 Å². The van der Waals surface area contributed by atoms with E-state index in [1.54, 1.807) is 40.8 Å². The van der Waals surface area contributed by atoms with E-state index in [0.717, 1.165) is 22.5 Å². The second-order valence-corrected chi connectivity index (χ2v) is 10.2. The van der Waals surface area contributed by atoms with Crippen LogP contribution in [0.4, 0.5) is 16.2 Å². The van der Waals surface area contributed by atoms with E-state index in [1.165, 1.54) is 18.5 Å². The maximum Gasteiger partial charge on any atom is 0.225 e. The number of aryl methyl sites for hydroxylation is 1. The van der Waals surface area contributed by atoms with Gasteiger partial charge in [-0.2, -0.15) is 10.2 Å². The van der Waals surface area contributed by atoms with Gasteiger partial charge in [0.2, 0.25) is 5.95 Å². The first-order chi connectivity index (χ1) is 18.3. The number of rotatable bonds is 5. The highest BCUT2D eigenvalue weighted by molar-refractivity contribution is 6.37. The number of hydrogen-bond acceptors (Lipinski definition) is 8. The van der Waals surface area contributed by atoms with Crippen molar-refractivity contribution < 1.29 is 9.50 Å². The topological polar surface area (TPSA) is 101 Å². The molecule has 196 valence electrons. The van der Waals surface area contributed by atoms with E-state index in [2.05, 4.69) is 34.9 Å². The summed E-state index contributed by atoms with van der Waals surface area (Å²) in [5.41, 5.74) is 1.93. The lowest BCUT2D eigenvalue weighted by Gasteiger charge is -2.36. The van der Waals surface area contributed by atoms with Crippen LogP contribution < -0.4 is 9.80 Å². The fourth-order valence-electron chi connectivity index (χ4n) is 5.04. The molecule has 6 rings (SSSR count). The molecule has 1 fully saturated rings. The van der Waals surface area contributed by atoms with Crippen LogP contribution in [0.25, 0.3) is 16.6 Å². The molecule has 4 aromatic rings. The highest BCUT2D eigenvalue weighted by Crippen LogP contribution is 2.37. The van der Waals surface area contributed by atoms with Crippen LogP contribution in [-0.2, 0) is 12.6 Å². The smallest absolute Gasteiger partial charge is 0.225 e. The number of nitrogens with zero attached hydrogens (tertiary/aromatic N) is 9. The number of anilines is 2. The summed E-state index contributed by atoms with van der Waals surface area (Å²) in [6, 6.07) is 0. The van der Waals surface area contributed by atoms with Crippen LogP contribution in [0, 0.1) is 5.92 Å². The Bertz CT molecular complexity index is 1530. The maximum atomic E-state index is 13.4. The third kappa shape index (κ3) is 4.31. The van der Waals surface area contributed by atoms with Crippen LogP contribution in [-0.4, -0.2) is 65.6 Å². The second-order valence-electron chi connectivity index (χ2n) is 9.82. The van der Waals surface area contributed by atoms with E-state index in [1.807, 2.05) is 19.4 Å². The Kier molecular flexibility index (Phi) is 6.11. The first kappa shape index (κ1) is 24.5. The van der Waals surface area contributed by atoms with Crippen LogP contribution in [0.3, 0.4) is 0 Å². The molecule has 38 heavy (non-hydrogen) atoms. The van der Waals surface area contributed by atoms with Crippen molar-refractivity contribution >= 4 is 28.9 Å². The normalized spacial score (nSPS) is 19.6. The standard InChI is InChI=1S/C26H27ClFN9O/c1-26(38,18-3-5-20(28)6-4-18)19-12-29-25(30-13-19)36-9-7-35(8-10-36)24-23-22(27)21(15-37(23)33-16-31-24)17-11-32-34(2)14-17/h3,5-6,11-16,18,38H,4,7-10H2,1-2H3/t18?,26-/m1/s1. The summed E-state index contributed by atoms with van der Waals surface area (Å²) in [7, 11) is 1.87. The first-order valence-electron chi connectivity index (χ1n) is 12.4. The predicted molar refractivity (Wildman–Crippen MR) is 143 cm³/mol. The summed E-state index contributed by atoms with van der Waals surface area (Å²) < 4.78 is 16.9. The molecule has 0 spiro atoms. The molecule has 0 saturated carbocycles. The Hall–Kier alpha value is -3.83. The van der Waals surface area contributed by atoms with Gasteiger partial charge in [0.1, 0.15) is 17.7 Å². The lowest BCUT2D eigenvalue weighted by atomic mass is 9.80. The average molecular weight is 536 g/mol.